The SMILES string of the molecule is CC1(C)OB(c2cc(C(F)(F)F)cc(C(F)(F)F)c2CBr)OC1(C)C. The molecule has 1 aliphatic heterocycles. The second-order valence-electron chi connectivity index (χ2n) is 6.81. The zero-order chi connectivity index (χ0) is 19.4. The minimum atomic E-state index is -4.94. The van der Waals surface area contributed by atoms with E-state index in [1.54, 1.807) is 27.7 Å². The lowest BCUT2D eigenvalue weighted by Gasteiger charge is -2.32. The summed E-state index contributed by atoms with van der Waals surface area (Å²) in [4.78, 5) is 0. The van der Waals surface area contributed by atoms with Crippen LogP contribution in [0.1, 0.15) is 44.4 Å². The smallest absolute Gasteiger partial charge is 0.399 e. The van der Waals surface area contributed by atoms with Crippen molar-refractivity contribution in [2.24, 2.45) is 0 Å². The zero-order valence-electron chi connectivity index (χ0n) is 13.9. The lowest BCUT2D eigenvalue weighted by Crippen LogP contribution is -2.41. The Balaban J connectivity index is 2.69. The van der Waals surface area contributed by atoms with E-state index < -0.39 is 41.8 Å². The molecule has 1 fully saturated rings. The molecule has 0 amide bonds. The van der Waals surface area contributed by atoms with Gasteiger partial charge in [0.25, 0.3) is 0 Å². The molecular weight excluding hydrogens is 417 g/mol. The first-order valence-corrected chi connectivity index (χ1v) is 8.45. The van der Waals surface area contributed by atoms with Crippen molar-refractivity contribution in [2.75, 3.05) is 0 Å². The maximum atomic E-state index is 13.3. The highest BCUT2D eigenvalue weighted by atomic mass is 79.9. The Labute approximate surface area is 150 Å². The first-order chi connectivity index (χ1) is 11.1. The molecule has 10 heteroatoms. The summed E-state index contributed by atoms with van der Waals surface area (Å²) in [5.74, 6) is 0. The fourth-order valence-corrected chi connectivity index (χ4v) is 3.07. The molecule has 1 aromatic rings. The second kappa shape index (κ2) is 6.16. The van der Waals surface area contributed by atoms with E-state index in [4.69, 9.17) is 9.31 Å². The van der Waals surface area contributed by atoms with Crippen LogP contribution in [0.5, 0.6) is 0 Å². The quantitative estimate of drug-likeness (QED) is 0.375. The minimum Gasteiger partial charge on any atom is -0.399 e. The van der Waals surface area contributed by atoms with E-state index in [-0.39, 0.29) is 22.4 Å². The molecule has 0 unspecified atom stereocenters. The van der Waals surface area contributed by atoms with Gasteiger partial charge in [0.15, 0.2) is 0 Å². The van der Waals surface area contributed by atoms with Crippen LogP contribution in [0.25, 0.3) is 0 Å². The molecule has 0 aromatic heterocycles. The first kappa shape index (κ1) is 20.6. The van der Waals surface area contributed by atoms with Crippen molar-refractivity contribution in [3.05, 3.63) is 28.8 Å². The van der Waals surface area contributed by atoms with E-state index in [2.05, 4.69) is 15.9 Å². The van der Waals surface area contributed by atoms with Gasteiger partial charge in [-0.1, -0.05) is 15.9 Å². The number of halogens is 7. The van der Waals surface area contributed by atoms with Gasteiger partial charge in [-0.3, -0.25) is 0 Å². The molecule has 0 radical (unpaired) electrons. The fraction of sp³-hybridized carbons (Fsp3) is 0.600. The van der Waals surface area contributed by atoms with E-state index in [0.29, 0.717) is 6.07 Å². The van der Waals surface area contributed by atoms with E-state index in [1.165, 1.54) is 0 Å². The van der Waals surface area contributed by atoms with Gasteiger partial charge in [0.1, 0.15) is 0 Å². The van der Waals surface area contributed by atoms with Gasteiger partial charge in [-0.05, 0) is 50.9 Å². The van der Waals surface area contributed by atoms with Crippen LogP contribution in [-0.4, -0.2) is 18.3 Å². The van der Waals surface area contributed by atoms with Crippen molar-refractivity contribution in [1.29, 1.82) is 0 Å². The van der Waals surface area contributed by atoms with Crippen LogP contribution < -0.4 is 5.46 Å². The molecule has 0 bridgehead atoms. The fourth-order valence-electron chi connectivity index (χ4n) is 2.44. The summed E-state index contributed by atoms with van der Waals surface area (Å²) in [7, 11) is -1.33. The van der Waals surface area contributed by atoms with Crippen LogP contribution in [0.3, 0.4) is 0 Å². The Morgan fingerprint density at radius 1 is 0.920 bits per heavy atom. The molecule has 25 heavy (non-hydrogen) atoms. The lowest BCUT2D eigenvalue weighted by molar-refractivity contribution is -0.143. The maximum Gasteiger partial charge on any atom is 0.495 e. The number of rotatable bonds is 2. The van der Waals surface area contributed by atoms with E-state index in [9.17, 15) is 26.3 Å². The van der Waals surface area contributed by atoms with Gasteiger partial charge < -0.3 is 9.31 Å². The molecule has 1 aromatic carbocycles. The normalized spacial score (nSPS) is 20.2. The van der Waals surface area contributed by atoms with E-state index >= 15 is 0 Å². The number of hydrogen-bond donors (Lipinski definition) is 0. The highest BCUT2D eigenvalue weighted by Gasteiger charge is 2.53. The third-order valence-electron chi connectivity index (χ3n) is 4.56. The highest BCUT2D eigenvalue weighted by molar-refractivity contribution is 9.08. The molecule has 140 valence electrons. The van der Waals surface area contributed by atoms with Crippen LogP contribution in [0.2, 0.25) is 0 Å². The molecule has 0 atom stereocenters. The van der Waals surface area contributed by atoms with Gasteiger partial charge in [0, 0.05) is 5.33 Å². The summed E-state index contributed by atoms with van der Waals surface area (Å²) in [6.45, 7) is 6.66. The summed E-state index contributed by atoms with van der Waals surface area (Å²) in [5.41, 5.74) is -5.16. The Hall–Kier alpha value is -0.735. The summed E-state index contributed by atoms with van der Waals surface area (Å²) in [5, 5.41) is -0.292. The highest BCUT2D eigenvalue weighted by Crippen LogP contribution is 2.40. The van der Waals surface area contributed by atoms with Crippen molar-refractivity contribution >= 4 is 28.5 Å². The van der Waals surface area contributed by atoms with Crippen LogP contribution >= 0.6 is 15.9 Å². The molecule has 0 saturated carbocycles. The van der Waals surface area contributed by atoms with Crippen LogP contribution in [0.4, 0.5) is 26.3 Å². The Bertz CT molecular complexity index is 653. The molecule has 0 aliphatic carbocycles. The Kier molecular flexibility index (Phi) is 5.07. The minimum absolute atomic E-state index is 0.116. The number of benzene rings is 1. The topological polar surface area (TPSA) is 18.5 Å². The standard InChI is InChI=1S/C15H16BBrF6O2/c1-12(2)13(3,4)25-16(24-12)11-6-8(14(18,19)20)5-10(9(11)7-17)15(21,22)23/h5-6H,7H2,1-4H3. The average molecular weight is 433 g/mol. The van der Waals surface area contributed by atoms with Crippen molar-refractivity contribution in [1.82, 2.24) is 0 Å². The van der Waals surface area contributed by atoms with Crippen LogP contribution in [0, 0.1) is 0 Å². The number of hydrogen-bond acceptors (Lipinski definition) is 2. The monoisotopic (exact) mass is 432 g/mol. The van der Waals surface area contributed by atoms with Crippen LogP contribution in [0.15, 0.2) is 12.1 Å². The van der Waals surface area contributed by atoms with Crippen LogP contribution in [-0.2, 0) is 27.0 Å². The second-order valence-corrected chi connectivity index (χ2v) is 7.37. The van der Waals surface area contributed by atoms with E-state index in [0.717, 1.165) is 0 Å². The van der Waals surface area contributed by atoms with Gasteiger partial charge in [-0.15, -0.1) is 0 Å². The lowest BCUT2D eigenvalue weighted by atomic mass is 9.74. The van der Waals surface area contributed by atoms with E-state index in [1.807, 2.05) is 0 Å². The predicted molar refractivity (Wildman–Crippen MR) is 84.8 cm³/mol. The summed E-state index contributed by atoms with van der Waals surface area (Å²) >= 11 is 2.94. The van der Waals surface area contributed by atoms with Crippen molar-refractivity contribution in [2.45, 2.75) is 56.6 Å². The van der Waals surface area contributed by atoms with Gasteiger partial charge in [-0.2, -0.15) is 26.3 Å². The number of alkyl halides is 7. The van der Waals surface area contributed by atoms with Gasteiger partial charge in [0.2, 0.25) is 0 Å². The largest absolute Gasteiger partial charge is 0.495 e. The molecule has 0 spiro atoms. The van der Waals surface area contributed by atoms with Gasteiger partial charge >= 0.3 is 19.5 Å². The van der Waals surface area contributed by atoms with Crippen molar-refractivity contribution < 1.29 is 35.7 Å². The molecule has 2 nitrogen and oxygen atoms in total. The molecule has 2 rings (SSSR count). The van der Waals surface area contributed by atoms with Crippen molar-refractivity contribution in [3.8, 4) is 0 Å². The molecule has 1 aliphatic rings. The summed E-state index contributed by atoms with van der Waals surface area (Å²) in [6, 6.07) is 0.777. The third-order valence-corrected chi connectivity index (χ3v) is 5.12. The third kappa shape index (κ3) is 3.85. The Morgan fingerprint density at radius 3 is 1.76 bits per heavy atom. The summed E-state index contributed by atoms with van der Waals surface area (Å²) in [6.07, 6.45) is -9.87. The Morgan fingerprint density at radius 2 is 1.40 bits per heavy atom. The molecule has 1 heterocycles. The van der Waals surface area contributed by atoms with Gasteiger partial charge in [-0.25, -0.2) is 0 Å². The zero-order valence-corrected chi connectivity index (χ0v) is 15.5. The van der Waals surface area contributed by atoms with Gasteiger partial charge in [0.05, 0.1) is 22.3 Å². The molecule has 1 saturated heterocycles. The maximum absolute atomic E-state index is 13.3. The summed E-state index contributed by atoms with van der Waals surface area (Å²) < 4.78 is 90.5. The predicted octanol–water partition coefficient (Wildman–Crippen LogP) is 4.92. The molecule has 0 N–H and O–H groups in total. The van der Waals surface area contributed by atoms with Crippen molar-refractivity contribution in [3.63, 3.8) is 0 Å². The average Bonchev–Trinajstić information content (AvgIpc) is 2.63. The first-order valence-electron chi connectivity index (χ1n) is 7.33. The molecular formula is C15H16BBrF6O2.